The fourth-order valence-corrected chi connectivity index (χ4v) is 6.97. The Balaban J connectivity index is 0.000000272. The van der Waals surface area contributed by atoms with Crippen LogP contribution in [-0.4, -0.2) is 69.0 Å². The normalized spacial score (nSPS) is 18.2. The number of carboxylic acid groups (broad SMARTS) is 2. The van der Waals surface area contributed by atoms with Crippen molar-refractivity contribution in [1.82, 2.24) is 9.97 Å². The average molecular weight is 921 g/mol. The first kappa shape index (κ1) is 52.5. The number of piperidine rings is 2. The summed E-state index contributed by atoms with van der Waals surface area (Å²) in [6, 6.07) is 6.66. The Kier molecular flexibility index (Phi) is 18.5. The first-order valence-electron chi connectivity index (χ1n) is 19.4. The minimum absolute atomic E-state index is 0.112. The predicted molar refractivity (Wildman–Crippen MR) is 194 cm³/mol. The molecule has 0 amide bonds. The number of alkyl halides is 12. The van der Waals surface area contributed by atoms with Gasteiger partial charge in [-0.25, -0.2) is 9.97 Å². The van der Waals surface area contributed by atoms with Crippen molar-refractivity contribution in [1.29, 1.82) is 0 Å². The number of fused-ring (bicyclic) bond motifs is 2. The van der Waals surface area contributed by atoms with Gasteiger partial charge in [-0.1, -0.05) is 24.3 Å². The third-order valence-electron chi connectivity index (χ3n) is 9.84. The first-order valence-corrected chi connectivity index (χ1v) is 19.4. The Labute approximate surface area is 351 Å². The molecule has 6 rings (SSSR count). The molecule has 4 heterocycles. The molecule has 0 unspecified atom stereocenters. The van der Waals surface area contributed by atoms with E-state index < -0.39 is 107 Å². The molecular formula is C40H44F12N4O7. The largest absolute Gasteiger partial charge is 0.550 e. The standard InChI is InChI=1S/2C17H16F6N2O.C4H6O4.C2H6O/c2*18-16(19,20)11-5-3-4-9-10(15(26)12-6-1-2-7-24-12)8-13(17(21,22)23)25-14(9)11;5-3(6)1-2-4(7)8;1-2-3/h2*3-5,8,12,15,24,26H,1-2,6-7H2;1-2H2,(H,5,6)(H,7,8);3H,2H2,1H3/t2*12-,15+;;/m00../s1. The number of quaternary nitrogens is 2. The van der Waals surface area contributed by atoms with E-state index in [0.29, 0.717) is 50.2 Å². The molecule has 2 fully saturated rings. The van der Waals surface area contributed by atoms with Crippen molar-refractivity contribution in [3.05, 3.63) is 82.2 Å². The average Bonchev–Trinajstić information content (AvgIpc) is 3.21. The molecule has 0 radical (unpaired) electrons. The summed E-state index contributed by atoms with van der Waals surface area (Å²) in [6.45, 7) is 3.36. The van der Waals surface area contributed by atoms with Crippen LogP contribution >= 0.6 is 0 Å². The Morgan fingerprint density at radius 3 is 1.22 bits per heavy atom. The van der Waals surface area contributed by atoms with Crippen LogP contribution in [0.1, 0.15) is 104 Å². The van der Waals surface area contributed by atoms with Gasteiger partial charge in [0, 0.05) is 42.2 Å². The Morgan fingerprint density at radius 2 is 0.968 bits per heavy atom. The second kappa shape index (κ2) is 22.2. The lowest BCUT2D eigenvalue weighted by Crippen LogP contribution is -2.92. The van der Waals surface area contributed by atoms with Crippen LogP contribution in [0.4, 0.5) is 52.7 Å². The van der Waals surface area contributed by atoms with Crippen molar-refractivity contribution >= 4 is 33.7 Å². The molecular weight excluding hydrogens is 876 g/mol. The van der Waals surface area contributed by atoms with Crippen LogP contribution in [-0.2, 0) is 34.3 Å². The van der Waals surface area contributed by atoms with Gasteiger partial charge in [0.15, 0.2) is 0 Å². The van der Waals surface area contributed by atoms with Gasteiger partial charge >= 0.3 is 24.7 Å². The van der Waals surface area contributed by atoms with Crippen LogP contribution in [0.15, 0.2) is 48.5 Å². The molecule has 63 heavy (non-hydrogen) atoms. The minimum atomic E-state index is -4.92. The molecule has 350 valence electrons. The highest BCUT2D eigenvalue weighted by molar-refractivity contribution is 5.87. The third kappa shape index (κ3) is 14.9. The number of benzene rings is 2. The van der Waals surface area contributed by atoms with Crippen molar-refractivity contribution in [3.63, 3.8) is 0 Å². The second-order valence-electron chi connectivity index (χ2n) is 14.4. The van der Waals surface area contributed by atoms with Crippen LogP contribution in [0, 0.1) is 0 Å². The van der Waals surface area contributed by atoms with Crippen LogP contribution < -0.4 is 20.8 Å². The number of nitrogens with two attached hydrogens (primary N) is 2. The second-order valence-corrected chi connectivity index (χ2v) is 14.4. The fourth-order valence-electron chi connectivity index (χ4n) is 6.97. The maximum absolute atomic E-state index is 13.2. The number of aliphatic carboxylic acids is 2. The molecule has 2 saturated heterocycles. The monoisotopic (exact) mass is 920 g/mol. The highest BCUT2D eigenvalue weighted by Crippen LogP contribution is 2.41. The molecule has 2 aliphatic heterocycles. The van der Waals surface area contributed by atoms with Crippen molar-refractivity contribution in [2.24, 2.45) is 0 Å². The van der Waals surface area contributed by atoms with E-state index in [9.17, 15) is 82.7 Å². The number of hydrogen-bond acceptors (Lipinski definition) is 9. The minimum Gasteiger partial charge on any atom is -0.550 e. The molecule has 2 aromatic heterocycles. The van der Waals surface area contributed by atoms with Gasteiger partial charge < -0.3 is 45.8 Å². The van der Waals surface area contributed by atoms with E-state index in [-0.39, 0.29) is 28.5 Å². The third-order valence-corrected chi connectivity index (χ3v) is 9.84. The summed E-state index contributed by atoms with van der Waals surface area (Å²) in [5.74, 6) is -2.73. The summed E-state index contributed by atoms with van der Waals surface area (Å²) >= 11 is 0. The molecule has 23 heteroatoms. The van der Waals surface area contributed by atoms with Crippen molar-refractivity contribution in [2.75, 3.05) is 19.7 Å². The zero-order valence-electron chi connectivity index (χ0n) is 33.3. The zero-order valence-corrected chi connectivity index (χ0v) is 33.3. The highest BCUT2D eigenvalue weighted by atomic mass is 19.4. The van der Waals surface area contributed by atoms with Crippen molar-refractivity contribution in [3.8, 4) is 0 Å². The van der Waals surface area contributed by atoms with E-state index in [0.717, 1.165) is 37.8 Å². The van der Waals surface area contributed by atoms with Crippen molar-refractivity contribution in [2.45, 2.75) is 107 Å². The van der Waals surface area contributed by atoms with Crippen molar-refractivity contribution < 1.29 is 98.4 Å². The van der Waals surface area contributed by atoms with Crippen LogP contribution in [0.25, 0.3) is 21.8 Å². The number of carboxylic acids is 2. The number of aliphatic hydroxyl groups excluding tert-OH is 3. The molecule has 2 aromatic carbocycles. The maximum atomic E-state index is 13.2. The van der Waals surface area contributed by atoms with Crippen LogP contribution in [0.3, 0.4) is 0 Å². The number of carbonyl (C=O) groups excluding carboxylic acids is 2. The molecule has 0 saturated carbocycles. The highest BCUT2D eigenvalue weighted by Gasteiger charge is 2.41. The van der Waals surface area contributed by atoms with Gasteiger partial charge in [0.05, 0.1) is 35.2 Å². The quantitative estimate of drug-likeness (QED) is 0.169. The molecule has 2 aliphatic rings. The lowest BCUT2D eigenvalue weighted by Gasteiger charge is -2.26. The van der Waals surface area contributed by atoms with Gasteiger partial charge in [-0.2, -0.15) is 52.7 Å². The Hall–Kier alpha value is -4.84. The van der Waals surface area contributed by atoms with Gasteiger partial charge in [0.25, 0.3) is 0 Å². The predicted octanol–water partition coefficient (Wildman–Crippen LogP) is 4.11. The first-order chi connectivity index (χ1) is 29.2. The number of para-hydroxylation sites is 2. The molecule has 4 atom stereocenters. The molecule has 4 aromatic rings. The summed E-state index contributed by atoms with van der Waals surface area (Å²) in [6.07, 6.45) is -18.5. The van der Waals surface area contributed by atoms with Gasteiger partial charge in [0.1, 0.15) is 35.7 Å². The molecule has 0 aliphatic carbocycles. The van der Waals surface area contributed by atoms with Gasteiger partial charge in [-0.15, -0.1) is 0 Å². The van der Waals surface area contributed by atoms with Crippen LogP contribution in [0.2, 0.25) is 0 Å². The summed E-state index contributed by atoms with van der Waals surface area (Å²) in [5.41, 5.74) is -7.30. The Morgan fingerprint density at radius 1 is 0.635 bits per heavy atom. The van der Waals surface area contributed by atoms with Crippen LogP contribution in [0.5, 0.6) is 0 Å². The smallest absolute Gasteiger partial charge is 0.433 e. The lowest BCUT2D eigenvalue weighted by molar-refractivity contribution is -0.705. The summed E-state index contributed by atoms with van der Waals surface area (Å²) in [7, 11) is 0. The Bertz CT molecular complexity index is 1990. The zero-order chi connectivity index (χ0) is 47.5. The number of pyridine rings is 2. The number of nitrogens with zero attached hydrogens (tertiary/aromatic N) is 2. The van der Waals surface area contributed by atoms with E-state index in [1.807, 2.05) is 10.6 Å². The summed E-state index contributed by atoms with van der Waals surface area (Å²) in [4.78, 5) is 25.5. The van der Waals surface area contributed by atoms with Gasteiger partial charge in [-0.3, -0.25) is 0 Å². The molecule has 11 nitrogen and oxygen atoms in total. The molecule has 0 bridgehead atoms. The number of rotatable bonds is 7. The number of aromatic nitrogens is 2. The number of carbonyl (C=O) groups is 2. The molecule has 0 spiro atoms. The number of aliphatic hydroxyl groups is 3. The maximum Gasteiger partial charge on any atom is 0.433 e. The fraction of sp³-hybridized carbons (Fsp3) is 0.500. The number of hydrogen-bond donors (Lipinski definition) is 5. The molecule has 7 N–H and O–H groups in total. The van der Waals surface area contributed by atoms with E-state index in [1.165, 1.54) is 12.1 Å². The topological polar surface area (TPSA) is 200 Å². The van der Waals surface area contributed by atoms with Gasteiger partial charge in [0.2, 0.25) is 0 Å². The van der Waals surface area contributed by atoms with E-state index in [2.05, 4.69) is 9.97 Å². The summed E-state index contributed by atoms with van der Waals surface area (Å²) in [5, 5.41) is 51.2. The SMILES string of the molecule is CCO.O=C([O-])CCC(=O)[O-].O[C@H](c1cc(C(F)(F)F)nc2c(C(F)(F)F)cccc12)[C@@H]1CCCC[NH2+]1.O[C@H](c1cc(C(F)(F)F)nc2c(C(F)(F)F)cccc12)[C@@H]1CCCC[NH2+]1. The number of halogens is 12. The van der Waals surface area contributed by atoms with E-state index in [4.69, 9.17) is 5.11 Å². The van der Waals surface area contributed by atoms with Gasteiger partial charge in [-0.05, 0) is 80.8 Å². The lowest BCUT2D eigenvalue weighted by atomic mass is 9.91. The van der Waals surface area contributed by atoms with E-state index in [1.54, 1.807) is 6.92 Å². The van der Waals surface area contributed by atoms with E-state index >= 15 is 0 Å². The summed E-state index contributed by atoms with van der Waals surface area (Å²) < 4.78 is 159.